The lowest BCUT2D eigenvalue weighted by atomic mass is 10.1. The molecule has 0 aromatic carbocycles. The van der Waals surface area contributed by atoms with Crippen LogP contribution in [0.2, 0.25) is 0 Å². The number of quaternary nitrogens is 1. The Labute approximate surface area is 436 Å². The number of hydrogen-bond donors (Lipinski definition) is 1. The Morgan fingerprint density at radius 3 is 1.46 bits per heavy atom. The van der Waals surface area contributed by atoms with Gasteiger partial charge in [-0.3, -0.25) is 14.2 Å². The minimum absolute atomic E-state index is 0.0434. The number of phosphoric ester groups is 1. The summed E-state index contributed by atoms with van der Waals surface area (Å²) in [6.07, 6.45) is 67.8. The Balaban J connectivity index is 5.48. The van der Waals surface area contributed by atoms with Gasteiger partial charge in [-0.2, -0.15) is 0 Å². The number of allylic oxidation sites excluding steroid dienone is 17. The molecule has 0 radical (unpaired) electrons. The van der Waals surface area contributed by atoms with Gasteiger partial charge in [-0.1, -0.05) is 214 Å². The summed E-state index contributed by atoms with van der Waals surface area (Å²) >= 11 is 0. The molecular weight excluding hydrogens is 904 g/mol. The number of hydrogen-bond acceptors (Lipinski definition) is 7. The molecule has 0 heterocycles. The van der Waals surface area contributed by atoms with Crippen LogP contribution in [-0.4, -0.2) is 69.4 Å². The van der Waals surface area contributed by atoms with Gasteiger partial charge >= 0.3 is 5.97 Å². The van der Waals surface area contributed by atoms with Crippen molar-refractivity contribution in [2.75, 3.05) is 40.9 Å². The zero-order valence-corrected chi connectivity index (χ0v) is 47.0. The smallest absolute Gasteiger partial charge is 0.306 e. The van der Waals surface area contributed by atoms with Crippen molar-refractivity contribution in [2.45, 2.75) is 226 Å². The highest BCUT2D eigenvalue weighted by Gasteiger charge is 2.27. The Morgan fingerprint density at radius 2 is 0.958 bits per heavy atom. The first kappa shape index (κ1) is 67.7. The van der Waals surface area contributed by atoms with Gasteiger partial charge in [0, 0.05) is 12.8 Å². The zero-order chi connectivity index (χ0) is 52.2. The van der Waals surface area contributed by atoms with Crippen LogP contribution in [0.1, 0.15) is 213 Å². The third-order valence-electron chi connectivity index (χ3n) is 11.7. The molecule has 10 heteroatoms. The Bertz CT molecular complexity index is 1580. The summed E-state index contributed by atoms with van der Waals surface area (Å²) in [5, 5.41) is 2.96. The minimum atomic E-state index is -4.72. The predicted molar refractivity (Wildman–Crippen MR) is 302 cm³/mol. The number of amides is 1. The molecule has 0 aliphatic heterocycles. The average molecular weight is 1010 g/mol. The second-order valence-corrected chi connectivity index (χ2v) is 21.1. The van der Waals surface area contributed by atoms with Gasteiger partial charge in [0.15, 0.2) is 0 Å². The molecule has 0 aliphatic carbocycles. The quantitative estimate of drug-likeness (QED) is 0.0161. The van der Waals surface area contributed by atoms with Gasteiger partial charge in [-0.15, -0.1) is 0 Å². The Hall–Kier alpha value is -3.33. The van der Waals surface area contributed by atoms with Gasteiger partial charge in [-0.05, 0) is 96.0 Å². The van der Waals surface area contributed by atoms with Crippen LogP contribution in [0.3, 0.4) is 0 Å². The lowest BCUT2D eigenvalue weighted by Gasteiger charge is -2.30. The molecule has 0 aliphatic rings. The van der Waals surface area contributed by atoms with Gasteiger partial charge < -0.3 is 28.5 Å². The van der Waals surface area contributed by atoms with Crippen molar-refractivity contribution in [1.82, 2.24) is 5.32 Å². The van der Waals surface area contributed by atoms with Crippen LogP contribution >= 0.6 is 7.82 Å². The molecule has 0 rings (SSSR count). The number of rotatable bonds is 49. The van der Waals surface area contributed by atoms with Crippen LogP contribution in [0.4, 0.5) is 0 Å². The van der Waals surface area contributed by atoms with Crippen molar-refractivity contribution in [3.63, 3.8) is 0 Å². The van der Waals surface area contributed by atoms with E-state index in [1.165, 1.54) is 64.2 Å². The summed E-state index contributed by atoms with van der Waals surface area (Å²) in [6, 6.07) is -0.939. The molecule has 0 saturated carbocycles. The van der Waals surface area contributed by atoms with Gasteiger partial charge in [0.05, 0.1) is 33.8 Å². The number of carbonyl (C=O) groups excluding carboxylic acids is 2. The maximum absolute atomic E-state index is 13.4. The SMILES string of the molecule is CC/C=C\C/C=C\C/C=C\C/C=C\C/C=C\C/C=C\CCC(=O)NC(COP(=O)([O-])OCC[N+](C)(C)C)C(/C=C\CCCCCCCCCCC)OC(=O)CCCCCCCC/C=C/C=C/CCCCC. The topological polar surface area (TPSA) is 114 Å². The van der Waals surface area contributed by atoms with E-state index in [1.54, 1.807) is 6.08 Å². The number of carbonyl (C=O) groups is 2. The third kappa shape index (κ3) is 51.4. The number of ether oxygens (including phenoxy) is 1. The van der Waals surface area contributed by atoms with Crippen LogP contribution in [0.15, 0.2) is 109 Å². The highest BCUT2D eigenvalue weighted by atomic mass is 31.2. The first-order valence-electron chi connectivity index (χ1n) is 28.2. The van der Waals surface area contributed by atoms with Crippen LogP contribution in [0, 0.1) is 0 Å². The monoisotopic (exact) mass is 1010 g/mol. The fourth-order valence-corrected chi connectivity index (χ4v) is 8.08. The predicted octanol–water partition coefficient (Wildman–Crippen LogP) is 16.4. The molecule has 0 bridgehead atoms. The summed E-state index contributed by atoms with van der Waals surface area (Å²) < 4.78 is 30.1. The zero-order valence-electron chi connectivity index (χ0n) is 46.1. The highest BCUT2D eigenvalue weighted by molar-refractivity contribution is 7.45. The van der Waals surface area contributed by atoms with Gasteiger partial charge in [0.2, 0.25) is 5.91 Å². The van der Waals surface area contributed by atoms with E-state index in [-0.39, 0.29) is 31.3 Å². The largest absolute Gasteiger partial charge is 0.756 e. The maximum atomic E-state index is 13.4. The standard InChI is InChI=1S/C61H105N2O7P/c1-7-10-13-16-19-22-25-27-29-30-31-32-34-35-38-41-44-47-50-53-60(64)62-58(57-69-71(66,67)68-56-55-63(4,5)6)59(52-49-46-43-40-37-24-21-18-15-12-9-3)70-61(65)54-51-48-45-42-39-36-33-28-26-23-20-17-14-11-8-2/h10,13,19-20,22-23,26-29,31-32,35,38,44,47,49,52,58-59H,7-9,11-12,14-18,21,24-25,30,33-34,36-37,39-43,45-46,48,50-51,53-57H2,1-6H3,(H-,62,64,66,67)/b13-10-,22-19-,23-20+,28-26+,29-27-,32-31-,38-35-,47-44-,52-49-. The molecule has 0 saturated heterocycles. The van der Waals surface area contributed by atoms with Gasteiger partial charge in [0.25, 0.3) is 7.82 Å². The van der Waals surface area contributed by atoms with E-state index in [0.717, 1.165) is 103 Å². The van der Waals surface area contributed by atoms with E-state index in [0.29, 0.717) is 23.9 Å². The van der Waals surface area contributed by atoms with Crippen molar-refractivity contribution in [3.05, 3.63) is 109 Å². The molecule has 0 spiro atoms. The summed E-state index contributed by atoms with van der Waals surface area (Å²) in [6.45, 7) is 6.60. The van der Waals surface area contributed by atoms with E-state index in [9.17, 15) is 19.0 Å². The first-order valence-corrected chi connectivity index (χ1v) is 29.7. The minimum Gasteiger partial charge on any atom is -0.756 e. The number of likely N-dealkylation sites (N-methyl/N-ethyl adjacent to an activating group) is 1. The van der Waals surface area contributed by atoms with Crippen LogP contribution in [0.25, 0.3) is 0 Å². The molecule has 0 fully saturated rings. The van der Waals surface area contributed by atoms with E-state index >= 15 is 0 Å². The molecule has 1 N–H and O–H groups in total. The molecule has 71 heavy (non-hydrogen) atoms. The van der Waals surface area contributed by atoms with Crippen molar-refractivity contribution < 1.29 is 37.3 Å². The molecule has 0 aromatic rings. The highest BCUT2D eigenvalue weighted by Crippen LogP contribution is 2.38. The van der Waals surface area contributed by atoms with E-state index in [4.69, 9.17) is 13.8 Å². The number of nitrogens with zero attached hydrogens (tertiary/aromatic N) is 1. The number of phosphoric acid groups is 1. The molecule has 9 nitrogen and oxygen atoms in total. The molecule has 1 amide bonds. The van der Waals surface area contributed by atoms with E-state index in [2.05, 4.69) is 111 Å². The van der Waals surface area contributed by atoms with Crippen molar-refractivity contribution >= 4 is 19.7 Å². The lowest BCUT2D eigenvalue weighted by Crippen LogP contribution is -2.47. The van der Waals surface area contributed by atoms with E-state index < -0.39 is 26.6 Å². The van der Waals surface area contributed by atoms with Crippen LogP contribution in [0.5, 0.6) is 0 Å². The lowest BCUT2D eigenvalue weighted by molar-refractivity contribution is -0.870. The van der Waals surface area contributed by atoms with Crippen LogP contribution in [-0.2, 0) is 27.9 Å². The second-order valence-electron chi connectivity index (χ2n) is 19.7. The van der Waals surface area contributed by atoms with Crippen molar-refractivity contribution in [3.8, 4) is 0 Å². The van der Waals surface area contributed by atoms with Crippen molar-refractivity contribution in [2.24, 2.45) is 0 Å². The fourth-order valence-electron chi connectivity index (χ4n) is 7.36. The number of esters is 1. The molecule has 406 valence electrons. The molecular formula is C61H105N2O7P. The molecule has 3 unspecified atom stereocenters. The summed E-state index contributed by atoms with van der Waals surface area (Å²) in [5.74, 6) is -0.662. The van der Waals surface area contributed by atoms with Gasteiger partial charge in [0.1, 0.15) is 19.3 Å². The maximum Gasteiger partial charge on any atom is 0.306 e. The van der Waals surface area contributed by atoms with Crippen LogP contribution < -0.4 is 10.2 Å². The van der Waals surface area contributed by atoms with E-state index in [1.807, 2.05) is 39.4 Å². The molecule has 3 atom stereocenters. The molecule has 0 aromatic heterocycles. The first-order chi connectivity index (χ1) is 34.4. The Kier molecular flexibility index (Phi) is 47.9. The number of nitrogens with one attached hydrogen (secondary N) is 1. The number of unbranched alkanes of at least 4 members (excludes halogenated alkanes) is 18. The second kappa shape index (κ2) is 50.2. The third-order valence-corrected chi connectivity index (χ3v) is 12.7. The average Bonchev–Trinajstić information content (AvgIpc) is 3.33. The fraction of sp³-hybridized carbons (Fsp3) is 0.672. The van der Waals surface area contributed by atoms with Crippen molar-refractivity contribution in [1.29, 1.82) is 0 Å². The normalized spacial score (nSPS) is 14.6. The Morgan fingerprint density at radius 1 is 0.521 bits per heavy atom. The summed E-state index contributed by atoms with van der Waals surface area (Å²) in [4.78, 5) is 39.8. The summed E-state index contributed by atoms with van der Waals surface area (Å²) in [7, 11) is 1.11. The summed E-state index contributed by atoms with van der Waals surface area (Å²) in [5.41, 5.74) is 0. The van der Waals surface area contributed by atoms with Gasteiger partial charge in [-0.25, -0.2) is 0 Å².